The Morgan fingerprint density at radius 3 is 2.58 bits per heavy atom. The molecule has 6 N–H and O–H groups in total. The van der Waals surface area contributed by atoms with Crippen LogP contribution in [-0.2, 0) is 5.60 Å². The molecule has 7 nitrogen and oxygen atoms in total. The number of fused-ring (bicyclic) bond motifs is 5. The zero-order chi connectivity index (χ0) is 22.1. The molecule has 0 aliphatic heterocycles. The SMILES string of the molecule is C[C@]12CC/C(=N/N=C(N)N)C[C@H]1CC[C@@H]1[C@@H]2CC[C@]2(C)[C@@](O)(c3ccoc3)CC[C@]12O. The zero-order valence-electron chi connectivity index (χ0n) is 18.7. The highest BCUT2D eigenvalue weighted by molar-refractivity contribution is 5.86. The van der Waals surface area contributed by atoms with Gasteiger partial charge in [-0.2, -0.15) is 5.10 Å². The van der Waals surface area contributed by atoms with E-state index in [0.29, 0.717) is 24.7 Å². The summed E-state index contributed by atoms with van der Waals surface area (Å²) in [4.78, 5) is 0. The second-order valence-corrected chi connectivity index (χ2v) is 11.1. The molecule has 7 atom stereocenters. The highest BCUT2D eigenvalue weighted by Crippen LogP contribution is 2.71. The van der Waals surface area contributed by atoms with Crippen molar-refractivity contribution in [3.63, 3.8) is 0 Å². The third-order valence-corrected chi connectivity index (χ3v) is 10.1. The minimum atomic E-state index is -1.04. The Balaban J connectivity index is 1.44. The molecule has 31 heavy (non-hydrogen) atoms. The molecule has 0 spiro atoms. The third-order valence-electron chi connectivity index (χ3n) is 10.1. The van der Waals surface area contributed by atoms with Crippen LogP contribution < -0.4 is 11.5 Å². The monoisotopic (exact) mass is 428 g/mol. The van der Waals surface area contributed by atoms with Crippen LogP contribution >= 0.6 is 0 Å². The van der Waals surface area contributed by atoms with Crippen LogP contribution in [0.1, 0.15) is 77.2 Å². The van der Waals surface area contributed by atoms with E-state index in [1.165, 1.54) is 0 Å². The number of hydrogen-bond acceptors (Lipinski definition) is 5. The van der Waals surface area contributed by atoms with Gasteiger partial charge in [-0.05, 0) is 87.0 Å². The zero-order valence-corrected chi connectivity index (χ0v) is 18.7. The average Bonchev–Trinajstić information content (AvgIpc) is 3.34. The lowest BCUT2D eigenvalue weighted by molar-refractivity contribution is -0.233. The van der Waals surface area contributed by atoms with Crippen LogP contribution in [-0.4, -0.2) is 27.5 Å². The molecule has 1 aromatic rings. The molecule has 7 heteroatoms. The molecule has 0 amide bonds. The van der Waals surface area contributed by atoms with Crippen molar-refractivity contribution in [3.8, 4) is 0 Å². The van der Waals surface area contributed by atoms with E-state index in [-0.39, 0.29) is 17.3 Å². The summed E-state index contributed by atoms with van der Waals surface area (Å²) < 4.78 is 5.31. The van der Waals surface area contributed by atoms with E-state index in [0.717, 1.165) is 56.2 Å². The predicted octanol–water partition coefficient (Wildman–Crippen LogP) is 3.25. The summed E-state index contributed by atoms with van der Waals surface area (Å²) in [6.45, 7) is 4.54. The van der Waals surface area contributed by atoms with Crippen LogP contribution in [0.5, 0.6) is 0 Å². The summed E-state index contributed by atoms with van der Waals surface area (Å²) in [7, 11) is 0. The van der Waals surface area contributed by atoms with Crippen LogP contribution in [0, 0.1) is 28.6 Å². The van der Waals surface area contributed by atoms with Crippen LogP contribution in [0.4, 0.5) is 0 Å². The highest BCUT2D eigenvalue weighted by Gasteiger charge is 2.72. The maximum Gasteiger partial charge on any atom is 0.211 e. The molecule has 4 aliphatic carbocycles. The molecule has 0 radical (unpaired) electrons. The van der Waals surface area contributed by atoms with E-state index in [2.05, 4.69) is 24.1 Å². The summed E-state index contributed by atoms with van der Waals surface area (Å²) in [5, 5.41) is 32.2. The summed E-state index contributed by atoms with van der Waals surface area (Å²) in [5.41, 5.74) is 10.5. The summed E-state index contributed by atoms with van der Waals surface area (Å²) in [6, 6.07) is 1.86. The topological polar surface area (TPSA) is 130 Å². The lowest BCUT2D eigenvalue weighted by atomic mass is 9.43. The number of aliphatic hydroxyl groups is 2. The molecule has 1 aromatic heterocycles. The fraction of sp³-hybridized carbons (Fsp3) is 0.750. The Bertz CT molecular complexity index is 910. The second-order valence-electron chi connectivity index (χ2n) is 11.1. The van der Waals surface area contributed by atoms with Crippen LogP contribution in [0.3, 0.4) is 0 Å². The van der Waals surface area contributed by atoms with Gasteiger partial charge < -0.3 is 26.1 Å². The van der Waals surface area contributed by atoms with Gasteiger partial charge in [0.05, 0.1) is 18.1 Å². The van der Waals surface area contributed by atoms with Crippen molar-refractivity contribution in [2.75, 3.05) is 0 Å². The molecule has 0 aromatic carbocycles. The van der Waals surface area contributed by atoms with E-state index in [9.17, 15) is 10.2 Å². The molecule has 4 fully saturated rings. The number of nitrogens with two attached hydrogens (primary N) is 2. The van der Waals surface area contributed by atoms with Gasteiger partial charge in [-0.25, -0.2) is 0 Å². The molecule has 0 unspecified atom stereocenters. The molecule has 0 bridgehead atoms. The summed E-state index contributed by atoms with van der Waals surface area (Å²) in [6.07, 6.45) is 11.3. The van der Waals surface area contributed by atoms with Crippen molar-refractivity contribution >= 4 is 11.7 Å². The van der Waals surface area contributed by atoms with Gasteiger partial charge in [0.25, 0.3) is 0 Å². The minimum absolute atomic E-state index is 0.00433. The fourth-order valence-electron chi connectivity index (χ4n) is 8.23. The predicted molar refractivity (Wildman–Crippen MR) is 119 cm³/mol. The van der Waals surface area contributed by atoms with Crippen molar-refractivity contribution < 1.29 is 14.6 Å². The lowest BCUT2D eigenvalue weighted by Gasteiger charge is -2.64. The first-order valence-electron chi connectivity index (χ1n) is 11.8. The van der Waals surface area contributed by atoms with E-state index < -0.39 is 16.6 Å². The first-order chi connectivity index (χ1) is 14.6. The van der Waals surface area contributed by atoms with E-state index >= 15 is 0 Å². The number of rotatable bonds is 2. The summed E-state index contributed by atoms with van der Waals surface area (Å²) >= 11 is 0. The largest absolute Gasteiger partial charge is 0.472 e. The Kier molecular flexibility index (Phi) is 4.62. The van der Waals surface area contributed by atoms with Gasteiger partial charge in [0, 0.05) is 16.7 Å². The van der Waals surface area contributed by atoms with E-state index in [1.54, 1.807) is 12.5 Å². The molecular weight excluding hydrogens is 392 g/mol. The third kappa shape index (κ3) is 2.72. The second kappa shape index (κ2) is 6.82. The Labute approximate surface area is 184 Å². The Morgan fingerprint density at radius 1 is 1.06 bits per heavy atom. The molecule has 0 saturated heterocycles. The summed E-state index contributed by atoms with van der Waals surface area (Å²) in [5.74, 6) is 1.22. The van der Waals surface area contributed by atoms with Crippen molar-refractivity contribution in [3.05, 3.63) is 24.2 Å². The molecule has 170 valence electrons. The van der Waals surface area contributed by atoms with Crippen LogP contribution in [0.25, 0.3) is 0 Å². The van der Waals surface area contributed by atoms with Crippen LogP contribution in [0.2, 0.25) is 0 Å². The van der Waals surface area contributed by atoms with Gasteiger partial charge in [-0.15, -0.1) is 5.10 Å². The maximum atomic E-state index is 12.2. The minimum Gasteiger partial charge on any atom is -0.472 e. The Morgan fingerprint density at radius 2 is 1.87 bits per heavy atom. The van der Waals surface area contributed by atoms with E-state index in [1.807, 2.05) is 6.07 Å². The fourth-order valence-corrected chi connectivity index (χ4v) is 8.23. The van der Waals surface area contributed by atoms with Gasteiger partial charge in [0.1, 0.15) is 5.60 Å². The number of guanidine groups is 1. The van der Waals surface area contributed by atoms with Gasteiger partial charge in [0.15, 0.2) is 0 Å². The molecule has 4 saturated carbocycles. The molecule has 5 rings (SSSR count). The number of nitrogens with zero attached hydrogens (tertiary/aromatic N) is 2. The Hall–Kier alpha value is -1.86. The molecule has 4 aliphatic rings. The van der Waals surface area contributed by atoms with Crippen molar-refractivity contribution in [1.29, 1.82) is 0 Å². The lowest BCUT2D eigenvalue weighted by Crippen LogP contribution is -2.64. The standard InChI is InChI=1S/C24H36N4O3/c1-21-8-5-17(27-28-20(25)26)13-15(21)3-4-19-18(21)6-9-22(2)23(29,10-11-24(19,22)30)16-7-12-31-14-16/h7,12,14-15,18-19,29-30H,3-6,8-11,13H2,1-2H3,(H4,25,26,28)/b27-17-/t15-,18+,19-,21+,22-,23+,24+/m1/s1. The van der Waals surface area contributed by atoms with E-state index in [4.69, 9.17) is 15.9 Å². The van der Waals surface area contributed by atoms with Crippen LogP contribution in [0.15, 0.2) is 33.2 Å². The number of furan rings is 1. The van der Waals surface area contributed by atoms with Gasteiger partial charge in [-0.3, -0.25) is 0 Å². The van der Waals surface area contributed by atoms with Crippen molar-refractivity contribution in [2.45, 2.75) is 82.8 Å². The average molecular weight is 429 g/mol. The normalized spacial score (nSPS) is 48.0. The highest BCUT2D eigenvalue weighted by atomic mass is 16.3. The quantitative estimate of drug-likeness (QED) is 0.326. The van der Waals surface area contributed by atoms with Gasteiger partial charge >= 0.3 is 0 Å². The van der Waals surface area contributed by atoms with Crippen molar-refractivity contribution in [1.82, 2.24) is 0 Å². The van der Waals surface area contributed by atoms with Gasteiger partial charge in [-0.1, -0.05) is 13.8 Å². The van der Waals surface area contributed by atoms with Gasteiger partial charge in [0.2, 0.25) is 5.96 Å². The first kappa shape index (κ1) is 21.0. The smallest absolute Gasteiger partial charge is 0.211 e. The maximum absolute atomic E-state index is 12.2. The molecule has 1 heterocycles. The van der Waals surface area contributed by atoms with Crippen molar-refractivity contribution in [2.24, 2.45) is 50.3 Å². The molecular formula is C24H36N4O3. The first-order valence-corrected chi connectivity index (χ1v) is 11.8. The number of hydrogen-bond donors (Lipinski definition) is 4.